The first-order valence-corrected chi connectivity index (χ1v) is 6.37. The summed E-state index contributed by atoms with van der Waals surface area (Å²) in [5, 5.41) is 37.4. The van der Waals surface area contributed by atoms with Gasteiger partial charge in [0.1, 0.15) is 24.4 Å². The van der Waals surface area contributed by atoms with Gasteiger partial charge in [-0.25, -0.2) is 0 Å². The number of aliphatic hydroxyl groups excluding tert-OH is 4. The predicted molar refractivity (Wildman–Crippen MR) is 66.3 cm³/mol. The Bertz CT molecular complexity index is 230. The molecule has 1 rings (SSSR count). The van der Waals surface area contributed by atoms with Crippen LogP contribution in [0.15, 0.2) is 0 Å². The molecule has 1 heterocycles. The maximum absolute atomic E-state index is 9.62. The van der Waals surface area contributed by atoms with Gasteiger partial charge in [0, 0.05) is 11.0 Å². The summed E-state index contributed by atoms with van der Waals surface area (Å²) in [4.78, 5) is 0. The molecule has 0 radical (unpaired) electrons. The molecule has 1 fully saturated rings. The third-order valence-electron chi connectivity index (χ3n) is 2.51. The highest BCUT2D eigenvalue weighted by Crippen LogP contribution is 2.22. The number of hydrogen-bond donors (Lipinski definition) is 6. The van der Waals surface area contributed by atoms with Crippen molar-refractivity contribution in [2.45, 2.75) is 36.0 Å². The number of thiol groups is 2. The van der Waals surface area contributed by atoms with E-state index in [2.05, 4.69) is 25.3 Å². The molecule has 0 spiro atoms. The van der Waals surface area contributed by atoms with Crippen LogP contribution in [0, 0.1) is 0 Å². The monoisotopic (exact) mass is 286 g/mol. The third kappa shape index (κ3) is 3.97. The molecule has 4 N–H and O–H groups in total. The van der Waals surface area contributed by atoms with Crippen LogP contribution in [0.4, 0.5) is 0 Å². The summed E-state index contributed by atoms with van der Waals surface area (Å²) < 4.78 is 10.4. The molecule has 6 atom stereocenters. The molecule has 0 saturated carbocycles. The molecule has 0 aliphatic carbocycles. The van der Waals surface area contributed by atoms with Crippen molar-refractivity contribution in [2.24, 2.45) is 0 Å². The average Bonchev–Trinajstić information content (AvgIpc) is 2.34. The van der Waals surface area contributed by atoms with Crippen molar-refractivity contribution in [1.82, 2.24) is 0 Å². The second kappa shape index (κ2) is 7.15. The molecule has 0 aromatic rings. The molecule has 0 bridgehead atoms. The average molecular weight is 286 g/mol. The van der Waals surface area contributed by atoms with Crippen LogP contribution in [0.1, 0.15) is 0 Å². The fourth-order valence-electron chi connectivity index (χ4n) is 1.46. The van der Waals surface area contributed by atoms with E-state index in [1.54, 1.807) is 0 Å². The van der Waals surface area contributed by atoms with E-state index in [4.69, 9.17) is 14.6 Å². The van der Waals surface area contributed by atoms with E-state index in [1.807, 2.05) is 0 Å². The van der Waals surface area contributed by atoms with Crippen LogP contribution >= 0.6 is 25.3 Å². The van der Waals surface area contributed by atoms with Crippen molar-refractivity contribution in [3.05, 3.63) is 0 Å². The van der Waals surface area contributed by atoms with Crippen molar-refractivity contribution in [2.75, 3.05) is 19.0 Å². The van der Waals surface area contributed by atoms with Crippen molar-refractivity contribution in [1.29, 1.82) is 0 Å². The Morgan fingerprint density at radius 2 is 1.82 bits per heavy atom. The fraction of sp³-hybridized carbons (Fsp3) is 1.00. The molecule has 1 aliphatic heterocycles. The van der Waals surface area contributed by atoms with E-state index in [9.17, 15) is 15.3 Å². The van der Waals surface area contributed by atoms with Crippen molar-refractivity contribution in [3.63, 3.8) is 0 Å². The number of aliphatic hydroxyl groups is 4. The highest BCUT2D eigenvalue weighted by Gasteiger charge is 2.44. The second-order valence-corrected chi connectivity index (χ2v) is 4.96. The van der Waals surface area contributed by atoms with Gasteiger partial charge in [0.2, 0.25) is 0 Å². The lowest BCUT2D eigenvalue weighted by Gasteiger charge is -2.39. The van der Waals surface area contributed by atoms with Gasteiger partial charge in [-0.05, 0) is 0 Å². The van der Waals surface area contributed by atoms with Crippen molar-refractivity contribution in [3.8, 4) is 0 Å². The van der Waals surface area contributed by atoms with Gasteiger partial charge in [-0.3, -0.25) is 0 Å². The lowest BCUT2D eigenvalue weighted by Crippen LogP contribution is -2.59. The van der Waals surface area contributed by atoms with E-state index >= 15 is 0 Å². The first-order valence-electron chi connectivity index (χ1n) is 5.22. The minimum atomic E-state index is -1.42. The lowest BCUT2D eigenvalue weighted by molar-refractivity contribution is -0.300. The zero-order valence-electron chi connectivity index (χ0n) is 9.09. The van der Waals surface area contributed by atoms with Gasteiger partial charge >= 0.3 is 0 Å². The van der Waals surface area contributed by atoms with E-state index in [0.717, 1.165) is 0 Å². The molecular weight excluding hydrogens is 268 g/mol. The quantitative estimate of drug-likeness (QED) is 0.328. The summed E-state index contributed by atoms with van der Waals surface area (Å²) >= 11 is 8.16. The van der Waals surface area contributed by atoms with Crippen LogP contribution in [-0.4, -0.2) is 75.3 Å². The summed E-state index contributed by atoms with van der Waals surface area (Å²) in [6, 6.07) is 0. The van der Waals surface area contributed by atoms with Crippen LogP contribution in [-0.2, 0) is 9.47 Å². The third-order valence-corrected chi connectivity index (χ3v) is 3.57. The van der Waals surface area contributed by atoms with Gasteiger partial charge in [-0.2, -0.15) is 25.3 Å². The number of rotatable bonds is 5. The molecule has 6 nitrogen and oxygen atoms in total. The smallest absolute Gasteiger partial charge is 0.186 e. The van der Waals surface area contributed by atoms with Crippen molar-refractivity contribution >= 4 is 25.3 Å². The molecular formula is C9H18O6S2. The second-order valence-electron chi connectivity index (χ2n) is 3.87. The van der Waals surface area contributed by atoms with Gasteiger partial charge in [-0.1, -0.05) is 0 Å². The standard InChI is InChI=1S/C9H18O6S2/c10-1-5-6(11)7(12)8(13)9(15-5)14-2-4(17)3-16/h4-13,16-17H,1-3H2/t4?,5-,6-,7+,8-,9-/m1/s1. The minimum absolute atomic E-state index is 0.134. The van der Waals surface area contributed by atoms with Gasteiger partial charge < -0.3 is 29.9 Å². The first kappa shape index (κ1) is 15.5. The van der Waals surface area contributed by atoms with Gasteiger partial charge in [-0.15, -0.1) is 0 Å². The van der Waals surface area contributed by atoms with Crippen LogP contribution < -0.4 is 0 Å². The lowest BCUT2D eigenvalue weighted by atomic mass is 9.99. The van der Waals surface area contributed by atoms with Crippen LogP contribution in [0.5, 0.6) is 0 Å². The van der Waals surface area contributed by atoms with E-state index in [-0.39, 0.29) is 11.9 Å². The summed E-state index contributed by atoms with van der Waals surface area (Å²) in [6.07, 6.45) is -6.20. The summed E-state index contributed by atoms with van der Waals surface area (Å²) in [5.41, 5.74) is 0. The molecule has 1 saturated heterocycles. The Hall–Kier alpha value is 0.460. The van der Waals surface area contributed by atoms with Gasteiger partial charge in [0.25, 0.3) is 0 Å². The number of ether oxygens (including phenoxy) is 2. The molecule has 1 aliphatic rings. The molecule has 0 amide bonds. The maximum Gasteiger partial charge on any atom is 0.186 e. The highest BCUT2D eigenvalue weighted by atomic mass is 32.1. The first-order chi connectivity index (χ1) is 8.01. The molecule has 1 unspecified atom stereocenters. The normalized spacial score (nSPS) is 40.2. The molecule has 17 heavy (non-hydrogen) atoms. The number of hydrogen-bond acceptors (Lipinski definition) is 8. The summed E-state index contributed by atoms with van der Waals surface area (Å²) in [6.45, 7) is -0.295. The van der Waals surface area contributed by atoms with E-state index in [0.29, 0.717) is 5.75 Å². The van der Waals surface area contributed by atoms with E-state index < -0.39 is 37.3 Å². The summed E-state index contributed by atoms with van der Waals surface area (Å²) in [7, 11) is 0. The fourth-order valence-corrected chi connectivity index (χ4v) is 1.66. The topological polar surface area (TPSA) is 99.4 Å². The Balaban J connectivity index is 2.53. The van der Waals surface area contributed by atoms with Gasteiger partial charge in [0.05, 0.1) is 13.2 Å². The SMILES string of the molecule is OC[C@H]1O[C@@H](OCC(S)CS)[C@H](O)[C@@H](O)[C@@H]1O. The minimum Gasteiger partial charge on any atom is -0.394 e. The van der Waals surface area contributed by atoms with Crippen molar-refractivity contribution < 1.29 is 29.9 Å². The van der Waals surface area contributed by atoms with Crippen LogP contribution in [0.2, 0.25) is 0 Å². The molecule has 0 aromatic carbocycles. The molecule has 0 aromatic heterocycles. The van der Waals surface area contributed by atoms with Crippen LogP contribution in [0.3, 0.4) is 0 Å². The molecule has 102 valence electrons. The maximum atomic E-state index is 9.62. The highest BCUT2D eigenvalue weighted by molar-refractivity contribution is 7.84. The Morgan fingerprint density at radius 3 is 2.35 bits per heavy atom. The van der Waals surface area contributed by atoms with Gasteiger partial charge in [0.15, 0.2) is 6.29 Å². The Labute approximate surface area is 110 Å². The zero-order valence-corrected chi connectivity index (χ0v) is 10.9. The van der Waals surface area contributed by atoms with Crippen LogP contribution in [0.25, 0.3) is 0 Å². The zero-order chi connectivity index (χ0) is 13.0. The summed E-state index contributed by atoms with van der Waals surface area (Å²) in [5.74, 6) is 0.487. The van der Waals surface area contributed by atoms with E-state index in [1.165, 1.54) is 0 Å². The largest absolute Gasteiger partial charge is 0.394 e. The predicted octanol–water partition coefficient (Wildman–Crippen LogP) is -1.97. The molecule has 8 heteroatoms. The Kier molecular flexibility index (Phi) is 6.52. The Morgan fingerprint density at radius 1 is 1.18 bits per heavy atom.